The molecule has 1 saturated carbocycles. The first kappa shape index (κ1) is 17.5. The number of nitrogens with two attached hydrogens (primary N) is 1. The zero-order valence-corrected chi connectivity index (χ0v) is 13.7. The van der Waals surface area contributed by atoms with Gasteiger partial charge in [0.05, 0.1) is 28.7 Å². The SMILES string of the molecule is Cc1c(C(=O)NCC(N)C2CC2)cnn1-c1cccc(C(F)(F)F)c1. The number of amides is 1. The van der Waals surface area contributed by atoms with Gasteiger partial charge in [0.25, 0.3) is 5.91 Å². The highest BCUT2D eigenvalue weighted by Crippen LogP contribution is 2.31. The number of carbonyl (C=O) groups excluding carboxylic acids is 1. The molecule has 3 N–H and O–H groups in total. The molecule has 0 radical (unpaired) electrons. The molecule has 1 atom stereocenters. The summed E-state index contributed by atoms with van der Waals surface area (Å²) >= 11 is 0. The number of benzene rings is 1. The third kappa shape index (κ3) is 3.84. The van der Waals surface area contributed by atoms with E-state index < -0.39 is 11.7 Å². The van der Waals surface area contributed by atoms with Crippen molar-refractivity contribution in [3.05, 3.63) is 47.3 Å². The third-order valence-electron chi connectivity index (χ3n) is 4.40. The summed E-state index contributed by atoms with van der Waals surface area (Å²) in [5, 5.41) is 6.83. The number of hydrogen-bond acceptors (Lipinski definition) is 3. The van der Waals surface area contributed by atoms with Crippen LogP contribution < -0.4 is 11.1 Å². The molecule has 3 rings (SSSR count). The highest BCUT2D eigenvalue weighted by atomic mass is 19.4. The van der Waals surface area contributed by atoms with Gasteiger partial charge in [-0.2, -0.15) is 18.3 Å². The van der Waals surface area contributed by atoms with Gasteiger partial charge in [0, 0.05) is 12.6 Å². The Kier molecular flexibility index (Phi) is 4.55. The number of hydrogen-bond donors (Lipinski definition) is 2. The van der Waals surface area contributed by atoms with Gasteiger partial charge in [0.1, 0.15) is 0 Å². The molecule has 0 saturated heterocycles. The third-order valence-corrected chi connectivity index (χ3v) is 4.40. The molecule has 0 aliphatic heterocycles. The van der Waals surface area contributed by atoms with Crippen molar-refractivity contribution in [1.82, 2.24) is 15.1 Å². The summed E-state index contributed by atoms with van der Waals surface area (Å²) in [6, 6.07) is 4.76. The van der Waals surface area contributed by atoms with Crippen LogP contribution in [-0.2, 0) is 6.18 Å². The van der Waals surface area contributed by atoms with Gasteiger partial charge in [0.15, 0.2) is 0 Å². The molecule has 1 aromatic heterocycles. The molecule has 2 aromatic rings. The van der Waals surface area contributed by atoms with E-state index in [1.807, 2.05) is 0 Å². The molecule has 1 aliphatic carbocycles. The van der Waals surface area contributed by atoms with Gasteiger partial charge in [0.2, 0.25) is 0 Å². The van der Waals surface area contributed by atoms with E-state index in [1.54, 1.807) is 6.92 Å². The Labute approximate surface area is 143 Å². The van der Waals surface area contributed by atoms with Gasteiger partial charge in [-0.05, 0) is 43.9 Å². The molecule has 1 fully saturated rings. The monoisotopic (exact) mass is 352 g/mol. The lowest BCUT2D eigenvalue weighted by Crippen LogP contribution is -2.38. The molecule has 1 unspecified atom stereocenters. The Morgan fingerprint density at radius 2 is 2.16 bits per heavy atom. The van der Waals surface area contributed by atoms with Crippen LogP contribution in [0.1, 0.15) is 34.5 Å². The van der Waals surface area contributed by atoms with E-state index in [1.165, 1.54) is 23.0 Å². The van der Waals surface area contributed by atoms with E-state index in [0.717, 1.165) is 25.0 Å². The Balaban J connectivity index is 1.77. The van der Waals surface area contributed by atoms with Gasteiger partial charge in [-0.3, -0.25) is 4.79 Å². The summed E-state index contributed by atoms with van der Waals surface area (Å²) in [5.41, 5.74) is 6.23. The van der Waals surface area contributed by atoms with Gasteiger partial charge < -0.3 is 11.1 Å². The van der Waals surface area contributed by atoms with Crippen LogP contribution >= 0.6 is 0 Å². The number of aromatic nitrogens is 2. The van der Waals surface area contributed by atoms with Crippen molar-refractivity contribution in [2.45, 2.75) is 32.0 Å². The Morgan fingerprint density at radius 1 is 1.44 bits per heavy atom. The molecule has 1 heterocycles. The zero-order valence-electron chi connectivity index (χ0n) is 13.7. The second kappa shape index (κ2) is 6.51. The number of halogens is 3. The van der Waals surface area contributed by atoms with E-state index in [-0.39, 0.29) is 17.6 Å². The van der Waals surface area contributed by atoms with Gasteiger partial charge in [-0.25, -0.2) is 4.68 Å². The highest BCUT2D eigenvalue weighted by Gasteiger charge is 2.31. The molecule has 1 amide bonds. The summed E-state index contributed by atoms with van der Waals surface area (Å²) in [6.45, 7) is 2.01. The van der Waals surface area contributed by atoms with E-state index in [0.29, 0.717) is 23.7 Å². The normalized spacial score (nSPS) is 15.9. The lowest BCUT2D eigenvalue weighted by Gasteiger charge is -2.12. The molecule has 1 aliphatic rings. The number of nitrogens with one attached hydrogen (secondary N) is 1. The topological polar surface area (TPSA) is 72.9 Å². The number of rotatable bonds is 5. The Hall–Kier alpha value is -2.35. The van der Waals surface area contributed by atoms with Crippen LogP contribution in [0.2, 0.25) is 0 Å². The molecular weight excluding hydrogens is 333 g/mol. The predicted molar refractivity (Wildman–Crippen MR) is 86.3 cm³/mol. The fraction of sp³-hybridized carbons (Fsp3) is 0.412. The molecule has 5 nitrogen and oxygen atoms in total. The van der Waals surface area contributed by atoms with Crippen molar-refractivity contribution < 1.29 is 18.0 Å². The Bertz CT molecular complexity index is 780. The zero-order chi connectivity index (χ0) is 18.2. The highest BCUT2D eigenvalue weighted by molar-refractivity contribution is 5.95. The number of nitrogens with zero attached hydrogens (tertiary/aromatic N) is 2. The largest absolute Gasteiger partial charge is 0.416 e. The van der Waals surface area contributed by atoms with Gasteiger partial charge in [-0.15, -0.1) is 0 Å². The smallest absolute Gasteiger partial charge is 0.350 e. The first-order valence-electron chi connectivity index (χ1n) is 8.03. The summed E-state index contributed by atoms with van der Waals surface area (Å²) < 4.78 is 39.9. The second-order valence-electron chi connectivity index (χ2n) is 6.31. The van der Waals surface area contributed by atoms with E-state index in [2.05, 4.69) is 10.4 Å². The maximum atomic E-state index is 12.9. The van der Waals surface area contributed by atoms with Crippen LogP contribution in [0.4, 0.5) is 13.2 Å². The number of alkyl halides is 3. The minimum atomic E-state index is -4.43. The van der Waals surface area contributed by atoms with Crippen molar-refractivity contribution in [3.63, 3.8) is 0 Å². The first-order chi connectivity index (χ1) is 11.8. The fourth-order valence-corrected chi connectivity index (χ4v) is 2.70. The Morgan fingerprint density at radius 3 is 2.80 bits per heavy atom. The molecule has 8 heteroatoms. The van der Waals surface area contributed by atoms with Crippen molar-refractivity contribution >= 4 is 5.91 Å². The van der Waals surface area contributed by atoms with Crippen molar-refractivity contribution in [1.29, 1.82) is 0 Å². The molecule has 0 bridgehead atoms. The van der Waals surface area contributed by atoms with E-state index in [9.17, 15) is 18.0 Å². The van der Waals surface area contributed by atoms with E-state index in [4.69, 9.17) is 5.73 Å². The summed E-state index contributed by atoms with van der Waals surface area (Å²) in [4.78, 5) is 12.3. The van der Waals surface area contributed by atoms with Gasteiger partial charge >= 0.3 is 6.18 Å². The van der Waals surface area contributed by atoms with Crippen LogP contribution in [-0.4, -0.2) is 28.3 Å². The molecular formula is C17H19F3N4O. The fourth-order valence-electron chi connectivity index (χ4n) is 2.70. The first-order valence-corrected chi connectivity index (χ1v) is 8.03. The molecule has 0 spiro atoms. The van der Waals surface area contributed by atoms with E-state index >= 15 is 0 Å². The maximum Gasteiger partial charge on any atom is 0.416 e. The molecule has 134 valence electrons. The predicted octanol–water partition coefficient (Wildman–Crippen LogP) is 2.67. The summed E-state index contributed by atoms with van der Waals surface area (Å²) in [7, 11) is 0. The lowest BCUT2D eigenvalue weighted by atomic mass is 10.1. The average molecular weight is 352 g/mol. The molecule has 1 aromatic carbocycles. The average Bonchev–Trinajstić information content (AvgIpc) is 3.34. The molecule has 25 heavy (non-hydrogen) atoms. The van der Waals surface area contributed by atoms with Crippen LogP contribution in [0.15, 0.2) is 30.5 Å². The number of carbonyl (C=O) groups is 1. The summed E-state index contributed by atoms with van der Waals surface area (Å²) in [6.07, 6.45) is -0.906. The van der Waals surface area contributed by atoms with Crippen molar-refractivity contribution in [3.8, 4) is 5.69 Å². The van der Waals surface area contributed by atoms with Crippen molar-refractivity contribution in [2.75, 3.05) is 6.54 Å². The summed E-state index contributed by atoms with van der Waals surface area (Å²) in [5.74, 6) is 0.140. The minimum Gasteiger partial charge on any atom is -0.350 e. The quantitative estimate of drug-likeness (QED) is 0.869. The van der Waals surface area contributed by atoms with Crippen LogP contribution in [0.25, 0.3) is 5.69 Å². The van der Waals surface area contributed by atoms with Crippen molar-refractivity contribution in [2.24, 2.45) is 11.7 Å². The minimum absolute atomic E-state index is 0.0669. The van der Waals surface area contributed by atoms with Crippen LogP contribution in [0.5, 0.6) is 0 Å². The van der Waals surface area contributed by atoms with Gasteiger partial charge in [-0.1, -0.05) is 6.07 Å². The van der Waals surface area contributed by atoms with Crippen LogP contribution in [0, 0.1) is 12.8 Å². The standard InChI is InChI=1S/C17H19F3N4O/c1-10-14(16(25)22-9-15(21)11-5-6-11)8-23-24(10)13-4-2-3-12(7-13)17(18,19)20/h2-4,7-8,11,15H,5-6,9,21H2,1H3,(H,22,25). The maximum absolute atomic E-state index is 12.9. The lowest BCUT2D eigenvalue weighted by molar-refractivity contribution is -0.137. The second-order valence-corrected chi connectivity index (χ2v) is 6.31. The van der Waals surface area contributed by atoms with Crippen LogP contribution in [0.3, 0.4) is 0 Å².